The van der Waals surface area contributed by atoms with Crippen LogP contribution < -0.4 is 5.32 Å². The molecule has 154 valence electrons. The summed E-state index contributed by atoms with van der Waals surface area (Å²) in [5, 5.41) is 22.2. The summed E-state index contributed by atoms with van der Waals surface area (Å²) in [6.45, 7) is 3.13. The Bertz CT molecular complexity index is 976. The molecule has 3 rings (SSSR count). The van der Waals surface area contributed by atoms with E-state index in [0.717, 1.165) is 12.1 Å². The minimum Gasteiger partial charge on any atom is -0.343 e. The Labute approximate surface area is 173 Å². The number of nitriles is 1. The van der Waals surface area contributed by atoms with E-state index < -0.39 is 10.8 Å². The van der Waals surface area contributed by atoms with Gasteiger partial charge in [0.15, 0.2) is 0 Å². The van der Waals surface area contributed by atoms with Crippen molar-refractivity contribution < 1.29 is 14.5 Å². The molecule has 0 bridgehead atoms. The molecule has 30 heavy (non-hydrogen) atoms. The van der Waals surface area contributed by atoms with E-state index in [1.165, 1.54) is 24.3 Å². The van der Waals surface area contributed by atoms with E-state index in [0.29, 0.717) is 31.7 Å². The van der Waals surface area contributed by atoms with Crippen LogP contribution in [-0.2, 0) is 11.3 Å². The normalized spacial score (nSPS) is 14.0. The van der Waals surface area contributed by atoms with Crippen molar-refractivity contribution in [1.29, 1.82) is 5.26 Å². The fourth-order valence-corrected chi connectivity index (χ4v) is 3.23. The van der Waals surface area contributed by atoms with Gasteiger partial charge in [0.1, 0.15) is 0 Å². The van der Waals surface area contributed by atoms with Gasteiger partial charge in [0.2, 0.25) is 5.91 Å². The SMILES string of the molecule is N#Cc1ccc(CN2CCN(C(=O)CNC(=O)c3cccc([N+](=O)[O-])c3)CC2)cc1. The molecule has 0 radical (unpaired) electrons. The standard InChI is InChI=1S/C21H21N5O4/c22-13-16-4-6-17(7-5-16)15-24-8-10-25(11-9-24)20(27)14-23-21(28)18-2-1-3-19(12-18)26(29)30/h1-7,12H,8-11,14-15H2,(H,23,28). The number of rotatable bonds is 6. The molecule has 0 unspecified atom stereocenters. The lowest BCUT2D eigenvalue weighted by Crippen LogP contribution is -2.50. The summed E-state index contributed by atoms with van der Waals surface area (Å²) in [5.41, 5.74) is 1.70. The third kappa shape index (κ3) is 5.40. The Morgan fingerprint density at radius 3 is 2.43 bits per heavy atom. The number of benzene rings is 2. The monoisotopic (exact) mass is 407 g/mol. The highest BCUT2D eigenvalue weighted by molar-refractivity contribution is 5.96. The van der Waals surface area contributed by atoms with Crippen LogP contribution in [0.3, 0.4) is 0 Å². The maximum Gasteiger partial charge on any atom is 0.270 e. The highest BCUT2D eigenvalue weighted by atomic mass is 16.6. The van der Waals surface area contributed by atoms with Crippen molar-refractivity contribution in [2.24, 2.45) is 0 Å². The van der Waals surface area contributed by atoms with Crippen LogP contribution in [-0.4, -0.2) is 59.3 Å². The van der Waals surface area contributed by atoms with Crippen molar-refractivity contribution in [3.8, 4) is 6.07 Å². The van der Waals surface area contributed by atoms with E-state index in [2.05, 4.69) is 16.3 Å². The number of hydrogen-bond acceptors (Lipinski definition) is 6. The Hall–Kier alpha value is -3.77. The summed E-state index contributed by atoms with van der Waals surface area (Å²) in [7, 11) is 0. The summed E-state index contributed by atoms with van der Waals surface area (Å²) in [4.78, 5) is 38.7. The smallest absolute Gasteiger partial charge is 0.270 e. The van der Waals surface area contributed by atoms with Crippen molar-refractivity contribution in [3.63, 3.8) is 0 Å². The topological polar surface area (TPSA) is 120 Å². The van der Waals surface area contributed by atoms with E-state index in [9.17, 15) is 19.7 Å². The van der Waals surface area contributed by atoms with Gasteiger partial charge in [0, 0.05) is 50.4 Å². The maximum absolute atomic E-state index is 12.4. The number of nitrogens with zero attached hydrogens (tertiary/aromatic N) is 4. The second-order valence-corrected chi connectivity index (χ2v) is 6.96. The lowest BCUT2D eigenvalue weighted by Gasteiger charge is -2.34. The average Bonchev–Trinajstić information content (AvgIpc) is 2.78. The van der Waals surface area contributed by atoms with Gasteiger partial charge in [-0.2, -0.15) is 5.26 Å². The molecular formula is C21H21N5O4. The molecule has 2 amide bonds. The summed E-state index contributed by atoms with van der Waals surface area (Å²) in [6, 6.07) is 14.9. The second-order valence-electron chi connectivity index (χ2n) is 6.96. The molecule has 1 aliphatic rings. The van der Waals surface area contributed by atoms with Gasteiger partial charge in [-0.25, -0.2) is 0 Å². The van der Waals surface area contributed by atoms with Crippen LogP contribution in [0.15, 0.2) is 48.5 Å². The van der Waals surface area contributed by atoms with Gasteiger partial charge in [-0.05, 0) is 23.8 Å². The van der Waals surface area contributed by atoms with E-state index >= 15 is 0 Å². The number of non-ortho nitro benzene ring substituents is 1. The van der Waals surface area contributed by atoms with Gasteiger partial charge in [0.25, 0.3) is 11.6 Å². The van der Waals surface area contributed by atoms with Gasteiger partial charge < -0.3 is 10.2 Å². The molecule has 1 aliphatic heterocycles. The van der Waals surface area contributed by atoms with Crippen molar-refractivity contribution in [2.45, 2.75) is 6.54 Å². The predicted octanol–water partition coefficient (Wildman–Crippen LogP) is 1.54. The number of carbonyl (C=O) groups excluding carboxylic acids is 2. The number of nitro benzene ring substituents is 1. The lowest BCUT2D eigenvalue weighted by molar-refractivity contribution is -0.384. The second kappa shape index (κ2) is 9.62. The van der Waals surface area contributed by atoms with E-state index in [1.807, 2.05) is 12.1 Å². The van der Waals surface area contributed by atoms with Crippen LogP contribution in [0.25, 0.3) is 0 Å². The first-order valence-electron chi connectivity index (χ1n) is 9.48. The molecular weight excluding hydrogens is 386 g/mol. The quantitative estimate of drug-likeness (QED) is 0.573. The summed E-state index contributed by atoms with van der Waals surface area (Å²) in [6.07, 6.45) is 0. The number of amides is 2. The Morgan fingerprint density at radius 1 is 1.10 bits per heavy atom. The van der Waals surface area contributed by atoms with Crippen LogP contribution in [0.4, 0.5) is 5.69 Å². The highest BCUT2D eigenvalue weighted by Crippen LogP contribution is 2.13. The minimum atomic E-state index is -0.570. The van der Waals surface area contributed by atoms with E-state index in [-0.39, 0.29) is 23.7 Å². The molecule has 2 aromatic rings. The van der Waals surface area contributed by atoms with Crippen molar-refractivity contribution >= 4 is 17.5 Å². The zero-order valence-electron chi connectivity index (χ0n) is 16.3. The summed E-state index contributed by atoms with van der Waals surface area (Å²) < 4.78 is 0. The number of nitrogens with one attached hydrogen (secondary N) is 1. The highest BCUT2D eigenvalue weighted by Gasteiger charge is 2.22. The van der Waals surface area contributed by atoms with Gasteiger partial charge >= 0.3 is 0 Å². The van der Waals surface area contributed by atoms with Crippen molar-refractivity contribution in [3.05, 3.63) is 75.3 Å². The molecule has 0 atom stereocenters. The first-order valence-corrected chi connectivity index (χ1v) is 9.48. The first kappa shape index (κ1) is 21.0. The van der Waals surface area contributed by atoms with Gasteiger partial charge in [0.05, 0.1) is 23.1 Å². The molecule has 9 nitrogen and oxygen atoms in total. The number of piperazine rings is 1. The van der Waals surface area contributed by atoms with Crippen LogP contribution in [0.5, 0.6) is 0 Å². The first-order chi connectivity index (χ1) is 14.5. The molecule has 0 aliphatic carbocycles. The fourth-order valence-electron chi connectivity index (χ4n) is 3.23. The van der Waals surface area contributed by atoms with E-state index in [4.69, 9.17) is 5.26 Å². The number of nitro groups is 1. The Balaban J connectivity index is 1.45. The third-order valence-electron chi connectivity index (χ3n) is 4.93. The minimum absolute atomic E-state index is 0.143. The van der Waals surface area contributed by atoms with Crippen LogP contribution in [0.1, 0.15) is 21.5 Å². The van der Waals surface area contributed by atoms with Crippen LogP contribution >= 0.6 is 0 Å². The van der Waals surface area contributed by atoms with Crippen LogP contribution in [0.2, 0.25) is 0 Å². The number of carbonyl (C=O) groups is 2. The van der Waals surface area contributed by atoms with Gasteiger partial charge in [-0.1, -0.05) is 18.2 Å². The molecule has 0 spiro atoms. The van der Waals surface area contributed by atoms with Crippen molar-refractivity contribution in [2.75, 3.05) is 32.7 Å². The maximum atomic E-state index is 12.4. The van der Waals surface area contributed by atoms with Crippen molar-refractivity contribution in [1.82, 2.24) is 15.1 Å². The molecule has 9 heteroatoms. The molecule has 1 fully saturated rings. The summed E-state index contributed by atoms with van der Waals surface area (Å²) >= 11 is 0. The number of hydrogen-bond donors (Lipinski definition) is 1. The molecule has 1 heterocycles. The molecule has 1 saturated heterocycles. The molecule has 0 aromatic heterocycles. The summed E-state index contributed by atoms with van der Waals surface area (Å²) in [5.74, 6) is -0.710. The van der Waals surface area contributed by atoms with Gasteiger partial charge in [-0.15, -0.1) is 0 Å². The lowest BCUT2D eigenvalue weighted by atomic mass is 10.1. The van der Waals surface area contributed by atoms with Gasteiger partial charge in [-0.3, -0.25) is 24.6 Å². The zero-order valence-corrected chi connectivity index (χ0v) is 16.3. The zero-order chi connectivity index (χ0) is 21.5. The third-order valence-corrected chi connectivity index (χ3v) is 4.93. The molecule has 0 saturated carbocycles. The largest absolute Gasteiger partial charge is 0.343 e. The average molecular weight is 407 g/mol. The van der Waals surface area contributed by atoms with E-state index in [1.54, 1.807) is 17.0 Å². The molecule has 2 aromatic carbocycles. The Kier molecular flexibility index (Phi) is 6.72. The Morgan fingerprint density at radius 2 is 1.80 bits per heavy atom. The van der Waals surface area contributed by atoms with Crippen LogP contribution in [0, 0.1) is 21.4 Å². The molecule has 1 N–H and O–H groups in total. The predicted molar refractivity (Wildman–Crippen MR) is 108 cm³/mol. The fraction of sp³-hybridized carbons (Fsp3) is 0.286.